The molecule has 0 radical (unpaired) electrons. The van der Waals surface area contributed by atoms with Gasteiger partial charge in [0.15, 0.2) is 0 Å². The van der Waals surface area contributed by atoms with Gasteiger partial charge < -0.3 is 5.32 Å². The number of aromatic nitrogens is 1. The zero-order valence-electron chi connectivity index (χ0n) is 9.84. The maximum Gasteiger partial charge on any atom is 0.319 e. The number of carbonyl (C=O) groups excluding carboxylic acids is 1. The van der Waals surface area contributed by atoms with Crippen LogP contribution in [0.5, 0.6) is 0 Å². The number of halogens is 2. The van der Waals surface area contributed by atoms with Gasteiger partial charge in [-0.1, -0.05) is 23.2 Å². The smallest absolute Gasteiger partial charge is 0.319 e. The molecule has 1 amide bonds. The summed E-state index contributed by atoms with van der Waals surface area (Å²) in [5, 5.41) is 13.6. The minimum Gasteiger partial charge on any atom is -0.322 e. The number of amides is 1. The van der Waals surface area contributed by atoms with E-state index in [0.717, 1.165) is 0 Å². The molecule has 0 atom stereocenters. The van der Waals surface area contributed by atoms with E-state index >= 15 is 0 Å². The molecule has 0 aliphatic rings. The first-order valence-corrected chi connectivity index (χ1v) is 6.10. The van der Waals surface area contributed by atoms with Gasteiger partial charge in [-0.25, -0.2) is 4.98 Å². The first kappa shape index (κ1) is 14.2. The molecule has 0 aliphatic heterocycles. The molecule has 20 heavy (non-hydrogen) atoms. The van der Waals surface area contributed by atoms with Crippen LogP contribution in [0.1, 0.15) is 10.4 Å². The number of carbonyl (C=O) groups is 1. The molecule has 6 nitrogen and oxygen atoms in total. The third-order valence-electron chi connectivity index (χ3n) is 2.41. The van der Waals surface area contributed by atoms with Gasteiger partial charge in [-0.3, -0.25) is 14.9 Å². The Morgan fingerprint density at radius 3 is 2.45 bits per heavy atom. The number of anilines is 1. The molecule has 1 heterocycles. The molecule has 102 valence electrons. The van der Waals surface area contributed by atoms with Crippen LogP contribution >= 0.6 is 23.2 Å². The van der Waals surface area contributed by atoms with E-state index in [1.807, 2.05) is 0 Å². The summed E-state index contributed by atoms with van der Waals surface area (Å²) in [5.74, 6) is -0.650. The molecule has 0 bridgehead atoms. The number of benzene rings is 1. The van der Waals surface area contributed by atoms with Crippen LogP contribution in [0, 0.1) is 10.1 Å². The summed E-state index contributed by atoms with van der Waals surface area (Å²) in [6, 6.07) is 7.56. The molecule has 2 rings (SSSR count). The third-order valence-corrected chi connectivity index (χ3v) is 2.94. The van der Waals surface area contributed by atoms with Gasteiger partial charge in [0.05, 0.1) is 4.92 Å². The Kier molecular flexibility index (Phi) is 4.16. The molecule has 2 aromatic rings. The van der Waals surface area contributed by atoms with Crippen molar-refractivity contribution >= 4 is 40.5 Å². The highest BCUT2D eigenvalue weighted by molar-refractivity contribution is 6.32. The summed E-state index contributed by atoms with van der Waals surface area (Å²) in [6.45, 7) is 0. The summed E-state index contributed by atoms with van der Waals surface area (Å²) in [4.78, 5) is 25.8. The van der Waals surface area contributed by atoms with Gasteiger partial charge in [0.1, 0.15) is 5.56 Å². The van der Waals surface area contributed by atoms with E-state index in [1.165, 1.54) is 12.3 Å². The van der Waals surface area contributed by atoms with Crippen molar-refractivity contribution in [1.82, 2.24) is 4.98 Å². The first-order chi connectivity index (χ1) is 9.49. The van der Waals surface area contributed by atoms with Crippen LogP contribution in [0.25, 0.3) is 0 Å². The fourth-order valence-electron chi connectivity index (χ4n) is 1.52. The fourth-order valence-corrected chi connectivity index (χ4v) is 1.87. The van der Waals surface area contributed by atoms with Gasteiger partial charge in [0, 0.05) is 16.9 Å². The van der Waals surface area contributed by atoms with Crippen LogP contribution in [-0.4, -0.2) is 15.8 Å². The van der Waals surface area contributed by atoms with Crippen molar-refractivity contribution in [3.05, 3.63) is 62.4 Å². The highest BCUT2D eigenvalue weighted by Gasteiger charge is 2.24. The molecule has 0 unspecified atom stereocenters. The molecule has 1 N–H and O–H groups in total. The summed E-state index contributed by atoms with van der Waals surface area (Å²) in [6.07, 6.45) is 1.23. The lowest BCUT2D eigenvalue weighted by molar-refractivity contribution is -0.385. The van der Waals surface area contributed by atoms with E-state index in [1.54, 1.807) is 24.3 Å². The van der Waals surface area contributed by atoms with E-state index in [9.17, 15) is 14.9 Å². The number of hydrogen-bond acceptors (Lipinski definition) is 4. The van der Waals surface area contributed by atoms with Crippen molar-refractivity contribution in [3.8, 4) is 0 Å². The summed E-state index contributed by atoms with van der Waals surface area (Å²) in [5.41, 5.74) is -0.229. The predicted molar refractivity (Wildman–Crippen MR) is 75.3 cm³/mol. The number of rotatable bonds is 3. The van der Waals surface area contributed by atoms with E-state index < -0.39 is 16.5 Å². The monoisotopic (exact) mass is 311 g/mol. The Morgan fingerprint density at radius 1 is 1.20 bits per heavy atom. The number of nitrogens with one attached hydrogen (secondary N) is 1. The Morgan fingerprint density at radius 2 is 1.85 bits per heavy atom. The van der Waals surface area contributed by atoms with Crippen molar-refractivity contribution in [3.63, 3.8) is 0 Å². The fraction of sp³-hybridized carbons (Fsp3) is 0. The van der Waals surface area contributed by atoms with Crippen molar-refractivity contribution in [2.45, 2.75) is 0 Å². The highest BCUT2D eigenvalue weighted by Crippen LogP contribution is 2.26. The maximum atomic E-state index is 12.0. The molecular formula is C12H7Cl2N3O3. The van der Waals surface area contributed by atoms with Gasteiger partial charge in [-0.15, -0.1) is 0 Å². The quantitative estimate of drug-likeness (QED) is 0.533. The van der Waals surface area contributed by atoms with Crippen LogP contribution in [0.2, 0.25) is 10.2 Å². The van der Waals surface area contributed by atoms with Crippen LogP contribution in [0.3, 0.4) is 0 Å². The zero-order valence-corrected chi connectivity index (χ0v) is 11.4. The lowest BCUT2D eigenvalue weighted by Crippen LogP contribution is -2.14. The van der Waals surface area contributed by atoms with Crippen molar-refractivity contribution < 1.29 is 9.72 Å². The zero-order chi connectivity index (χ0) is 14.7. The average Bonchev–Trinajstić information content (AvgIpc) is 2.40. The lowest BCUT2D eigenvalue weighted by Gasteiger charge is -2.06. The molecule has 0 saturated heterocycles. The van der Waals surface area contributed by atoms with Gasteiger partial charge in [0.2, 0.25) is 5.15 Å². The molecule has 0 saturated carbocycles. The lowest BCUT2D eigenvalue weighted by atomic mass is 10.2. The largest absolute Gasteiger partial charge is 0.322 e. The number of hydrogen-bond donors (Lipinski definition) is 1. The van der Waals surface area contributed by atoms with E-state index in [2.05, 4.69) is 10.3 Å². The van der Waals surface area contributed by atoms with E-state index in [0.29, 0.717) is 10.7 Å². The van der Waals surface area contributed by atoms with Crippen molar-refractivity contribution in [1.29, 1.82) is 0 Å². The Bertz CT molecular complexity index is 674. The van der Waals surface area contributed by atoms with Gasteiger partial charge >= 0.3 is 5.69 Å². The van der Waals surface area contributed by atoms with Gasteiger partial charge in [0.25, 0.3) is 5.91 Å². The SMILES string of the molecule is O=C(Nc1ccc(Cl)cc1)c1ccnc(Cl)c1[N+](=O)[O-]. The van der Waals surface area contributed by atoms with Crippen LogP contribution in [0.4, 0.5) is 11.4 Å². The second kappa shape index (κ2) is 5.85. The average molecular weight is 312 g/mol. The molecule has 0 aliphatic carbocycles. The van der Waals surface area contributed by atoms with Gasteiger partial charge in [-0.05, 0) is 30.3 Å². The van der Waals surface area contributed by atoms with Gasteiger partial charge in [-0.2, -0.15) is 0 Å². The second-order valence-corrected chi connectivity index (χ2v) is 4.51. The van der Waals surface area contributed by atoms with Crippen LogP contribution in [-0.2, 0) is 0 Å². The Labute approximate surface area is 123 Å². The minimum atomic E-state index is -0.744. The second-order valence-electron chi connectivity index (χ2n) is 3.72. The predicted octanol–water partition coefficient (Wildman–Crippen LogP) is 3.55. The maximum absolute atomic E-state index is 12.0. The minimum absolute atomic E-state index is 0.162. The molecule has 0 fully saturated rings. The summed E-state index contributed by atoms with van der Waals surface area (Å²) >= 11 is 11.4. The van der Waals surface area contributed by atoms with Crippen LogP contribution < -0.4 is 5.32 Å². The molecular weight excluding hydrogens is 305 g/mol. The topological polar surface area (TPSA) is 85.1 Å². The third kappa shape index (κ3) is 3.04. The van der Waals surface area contributed by atoms with E-state index in [-0.39, 0.29) is 10.7 Å². The summed E-state index contributed by atoms with van der Waals surface area (Å²) in [7, 11) is 0. The van der Waals surface area contributed by atoms with Crippen molar-refractivity contribution in [2.75, 3.05) is 5.32 Å². The Balaban J connectivity index is 2.32. The standard InChI is InChI=1S/C12H7Cl2N3O3/c13-7-1-3-8(4-2-7)16-12(18)9-5-6-15-11(14)10(9)17(19)20/h1-6H,(H,16,18). The van der Waals surface area contributed by atoms with E-state index in [4.69, 9.17) is 23.2 Å². The number of nitrogens with zero attached hydrogens (tertiary/aromatic N) is 2. The number of nitro groups is 1. The van der Waals surface area contributed by atoms with Crippen LogP contribution in [0.15, 0.2) is 36.5 Å². The highest BCUT2D eigenvalue weighted by atomic mass is 35.5. The summed E-state index contributed by atoms with van der Waals surface area (Å²) < 4.78 is 0. The molecule has 8 heteroatoms. The molecule has 1 aromatic heterocycles. The first-order valence-electron chi connectivity index (χ1n) is 5.35. The molecule has 0 spiro atoms. The molecule has 1 aromatic carbocycles. The number of pyridine rings is 1. The normalized spacial score (nSPS) is 10.1. The Hall–Kier alpha value is -2.18. The van der Waals surface area contributed by atoms with Crippen molar-refractivity contribution in [2.24, 2.45) is 0 Å².